The molecule has 3 heterocycles. The van der Waals surface area contributed by atoms with Gasteiger partial charge in [-0.25, -0.2) is 9.37 Å². The molecule has 0 unspecified atom stereocenters. The first kappa shape index (κ1) is 25.2. The summed E-state index contributed by atoms with van der Waals surface area (Å²) in [4.78, 5) is 45.6. The minimum absolute atomic E-state index is 0.0497. The van der Waals surface area contributed by atoms with Crippen LogP contribution >= 0.6 is 0 Å². The van der Waals surface area contributed by atoms with E-state index in [1.165, 1.54) is 6.07 Å². The van der Waals surface area contributed by atoms with Crippen molar-refractivity contribution in [2.24, 2.45) is 5.41 Å². The highest BCUT2D eigenvalue weighted by Crippen LogP contribution is 2.47. The highest BCUT2D eigenvalue weighted by atomic mass is 19.1. The van der Waals surface area contributed by atoms with Gasteiger partial charge in [0.2, 0.25) is 17.7 Å². The SMILES string of the molecule is Cc1cc([C@@H]2CCC(C)(C)C(=O)N2CC(=O)Nc2ccc3c(c2)C[C@@]2(C3)C(=O)Nc3ncccc32)ccc1F. The van der Waals surface area contributed by atoms with Gasteiger partial charge < -0.3 is 15.5 Å². The monoisotopic (exact) mass is 526 g/mol. The number of carbonyl (C=O) groups is 3. The van der Waals surface area contributed by atoms with E-state index >= 15 is 0 Å². The van der Waals surface area contributed by atoms with Crippen LogP contribution in [0.4, 0.5) is 15.9 Å². The lowest BCUT2D eigenvalue weighted by molar-refractivity contribution is -0.150. The zero-order valence-electron chi connectivity index (χ0n) is 22.3. The molecule has 3 aromatic rings. The fourth-order valence-corrected chi connectivity index (χ4v) is 6.39. The average molecular weight is 527 g/mol. The van der Waals surface area contributed by atoms with Crippen molar-refractivity contribution in [1.82, 2.24) is 9.88 Å². The molecule has 2 aliphatic heterocycles. The molecule has 0 saturated carbocycles. The van der Waals surface area contributed by atoms with Gasteiger partial charge in [0.25, 0.3) is 0 Å². The molecular weight excluding hydrogens is 495 g/mol. The number of aryl methyl sites for hydroxylation is 1. The van der Waals surface area contributed by atoms with Crippen LogP contribution < -0.4 is 10.6 Å². The molecule has 1 spiro atoms. The van der Waals surface area contributed by atoms with E-state index in [2.05, 4.69) is 15.6 Å². The van der Waals surface area contributed by atoms with Crippen LogP contribution in [0.5, 0.6) is 0 Å². The van der Waals surface area contributed by atoms with Crippen LogP contribution in [-0.2, 0) is 32.6 Å². The Labute approximate surface area is 226 Å². The maximum Gasteiger partial charge on any atom is 0.244 e. The molecular formula is C31H31FN4O3. The molecule has 200 valence electrons. The number of carbonyl (C=O) groups excluding carboxylic acids is 3. The summed E-state index contributed by atoms with van der Waals surface area (Å²) in [6.45, 7) is 5.39. The Balaban J connectivity index is 1.21. The van der Waals surface area contributed by atoms with Crippen molar-refractivity contribution in [2.75, 3.05) is 17.2 Å². The summed E-state index contributed by atoms with van der Waals surface area (Å²) in [7, 11) is 0. The molecule has 2 aromatic carbocycles. The molecule has 0 bridgehead atoms. The molecule has 1 fully saturated rings. The summed E-state index contributed by atoms with van der Waals surface area (Å²) < 4.78 is 13.9. The Morgan fingerprint density at radius 3 is 2.72 bits per heavy atom. The number of pyridine rings is 1. The van der Waals surface area contributed by atoms with Gasteiger partial charge in [0.15, 0.2) is 0 Å². The zero-order valence-corrected chi connectivity index (χ0v) is 22.3. The maximum absolute atomic E-state index is 13.9. The first-order chi connectivity index (χ1) is 18.6. The van der Waals surface area contributed by atoms with Crippen molar-refractivity contribution in [3.05, 3.63) is 88.4 Å². The fourth-order valence-electron chi connectivity index (χ4n) is 6.39. The molecule has 1 aromatic heterocycles. The lowest BCUT2D eigenvalue weighted by atomic mass is 9.78. The number of halogens is 1. The Morgan fingerprint density at radius 1 is 1.13 bits per heavy atom. The van der Waals surface area contributed by atoms with Gasteiger partial charge in [-0.15, -0.1) is 0 Å². The maximum atomic E-state index is 13.9. The van der Waals surface area contributed by atoms with E-state index in [-0.39, 0.29) is 36.1 Å². The van der Waals surface area contributed by atoms with Gasteiger partial charge >= 0.3 is 0 Å². The van der Waals surface area contributed by atoms with E-state index in [0.29, 0.717) is 42.8 Å². The van der Waals surface area contributed by atoms with Crippen molar-refractivity contribution < 1.29 is 18.8 Å². The number of amides is 3. The van der Waals surface area contributed by atoms with Crippen LogP contribution in [0.25, 0.3) is 0 Å². The van der Waals surface area contributed by atoms with Gasteiger partial charge in [0.05, 0.1) is 11.5 Å². The number of fused-ring (bicyclic) bond motifs is 3. The minimum Gasteiger partial charge on any atom is -0.326 e. The summed E-state index contributed by atoms with van der Waals surface area (Å²) in [5.41, 5.74) is 3.69. The summed E-state index contributed by atoms with van der Waals surface area (Å²) >= 11 is 0. The molecule has 3 aliphatic rings. The van der Waals surface area contributed by atoms with Crippen LogP contribution in [0, 0.1) is 18.2 Å². The number of likely N-dealkylation sites (tertiary alicyclic amines) is 1. The smallest absolute Gasteiger partial charge is 0.244 e. The largest absolute Gasteiger partial charge is 0.326 e. The lowest BCUT2D eigenvalue weighted by Crippen LogP contribution is -2.50. The number of hydrogen-bond donors (Lipinski definition) is 2. The number of nitrogens with one attached hydrogen (secondary N) is 2. The number of piperidine rings is 1. The number of nitrogens with zero attached hydrogens (tertiary/aromatic N) is 2. The second-order valence-corrected chi connectivity index (χ2v) is 11.7. The number of anilines is 2. The van der Waals surface area contributed by atoms with Gasteiger partial charge in [-0.3, -0.25) is 14.4 Å². The van der Waals surface area contributed by atoms with Crippen molar-refractivity contribution in [3.8, 4) is 0 Å². The highest BCUT2D eigenvalue weighted by Gasteiger charge is 2.51. The van der Waals surface area contributed by atoms with Gasteiger partial charge in [0.1, 0.15) is 18.2 Å². The van der Waals surface area contributed by atoms with Crippen LogP contribution in [0.1, 0.15) is 60.5 Å². The summed E-state index contributed by atoms with van der Waals surface area (Å²) in [6, 6.07) is 14.1. The second-order valence-electron chi connectivity index (χ2n) is 11.7. The van der Waals surface area contributed by atoms with Gasteiger partial charge in [0, 0.05) is 22.9 Å². The van der Waals surface area contributed by atoms with Gasteiger partial charge in [-0.2, -0.15) is 0 Å². The molecule has 39 heavy (non-hydrogen) atoms. The molecule has 6 rings (SSSR count). The molecule has 3 amide bonds. The van der Waals surface area contributed by atoms with E-state index in [1.807, 2.05) is 44.2 Å². The van der Waals surface area contributed by atoms with E-state index < -0.39 is 10.8 Å². The highest BCUT2D eigenvalue weighted by molar-refractivity contribution is 6.06. The van der Waals surface area contributed by atoms with Gasteiger partial charge in [-0.1, -0.05) is 38.1 Å². The topological polar surface area (TPSA) is 91.4 Å². The third kappa shape index (κ3) is 4.18. The average Bonchev–Trinajstić information content (AvgIpc) is 3.41. The molecule has 2 N–H and O–H groups in total. The first-order valence-electron chi connectivity index (χ1n) is 13.3. The van der Waals surface area contributed by atoms with E-state index in [4.69, 9.17) is 0 Å². The molecule has 7 nitrogen and oxygen atoms in total. The predicted molar refractivity (Wildman–Crippen MR) is 146 cm³/mol. The minimum atomic E-state index is -0.680. The van der Waals surface area contributed by atoms with Crippen molar-refractivity contribution >= 4 is 29.2 Å². The molecule has 8 heteroatoms. The Kier molecular flexibility index (Phi) is 5.82. The standard InChI is InChI=1S/C31H31FN4O3/c1-18-13-19(7-9-24(18)32)25-10-11-30(2,3)29(39)36(25)17-26(37)34-22-8-6-20-15-31(16-21(20)14-22)23-5-4-12-33-27(23)35-28(31)38/h4-9,12-14,25H,10-11,15-17H2,1-3H3,(H,34,37)(H,33,35,38)/t25-,31+/m0/s1. The third-order valence-corrected chi connectivity index (χ3v) is 8.60. The molecule has 2 atom stereocenters. The van der Waals surface area contributed by atoms with Crippen molar-refractivity contribution in [1.29, 1.82) is 0 Å². The van der Waals surface area contributed by atoms with Crippen LogP contribution in [0.15, 0.2) is 54.7 Å². The first-order valence-corrected chi connectivity index (χ1v) is 13.3. The number of hydrogen-bond acceptors (Lipinski definition) is 4. The van der Waals surface area contributed by atoms with Crippen LogP contribution in [-0.4, -0.2) is 34.2 Å². The molecule has 1 aliphatic carbocycles. The second kappa shape index (κ2) is 9.00. The fraction of sp³-hybridized carbons (Fsp3) is 0.355. The van der Waals surface area contributed by atoms with E-state index in [1.54, 1.807) is 30.2 Å². The van der Waals surface area contributed by atoms with Crippen molar-refractivity contribution in [3.63, 3.8) is 0 Å². The number of aromatic nitrogens is 1. The van der Waals surface area contributed by atoms with E-state index in [0.717, 1.165) is 22.3 Å². The Hall–Kier alpha value is -4.07. The number of rotatable bonds is 4. The summed E-state index contributed by atoms with van der Waals surface area (Å²) in [6.07, 6.45) is 4.16. The zero-order chi connectivity index (χ0) is 27.5. The van der Waals surface area contributed by atoms with Crippen LogP contribution in [0.3, 0.4) is 0 Å². The van der Waals surface area contributed by atoms with Crippen LogP contribution in [0.2, 0.25) is 0 Å². The van der Waals surface area contributed by atoms with Crippen molar-refractivity contribution in [2.45, 2.75) is 57.9 Å². The van der Waals surface area contributed by atoms with E-state index in [9.17, 15) is 18.8 Å². The summed E-state index contributed by atoms with van der Waals surface area (Å²) in [5.74, 6) is -0.120. The molecule has 0 radical (unpaired) electrons. The number of benzene rings is 2. The Morgan fingerprint density at radius 2 is 1.92 bits per heavy atom. The molecule has 1 saturated heterocycles. The quantitative estimate of drug-likeness (QED) is 0.509. The normalized spacial score (nSPS) is 23.0. The van der Waals surface area contributed by atoms with Gasteiger partial charge in [-0.05, 0) is 79.1 Å². The third-order valence-electron chi connectivity index (χ3n) is 8.60. The summed E-state index contributed by atoms with van der Waals surface area (Å²) in [5, 5.41) is 5.88. The predicted octanol–water partition coefficient (Wildman–Crippen LogP) is 4.85. The lowest BCUT2D eigenvalue weighted by Gasteiger charge is -2.43. The Bertz CT molecular complexity index is 1530.